The van der Waals surface area contributed by atoms with E-state index < -0.39 is 5.97 Å². The molecule has 0 unspecified atom stereocenters. The second-order valence-electron chi connectivity index (χ2n) is 7.49. The lowest BCUT2D eigenvalue weighted by Gasteiger charge is -2.23. The molecule has 6 heteroatoms. The molecule has 1 heterocycles. The summed E-state index contributed by atoms with van der Waals surface area (Å²) in [6.07, 6.45) is 0.834. The van der Waals surface area contributed by atoms with Crippen LogP contribution < -0.4 is 14.8 Å². The van der Waals surface area contributed by atoms with Crippen molar-refractivity contribution in [2.24, 2.45) is 5.92 Å². The van der Waals surface area contributed by atoms with Gasteiger partial charge in [-0.2, -0.15) is 0 Å². The molecule has 1 amide bonds. The fourth-order valence-electron chi connectivity index (χ4n) is 3.13. The van der Waals surface area contributed by atoms with Gasteiger partial charge in [0.15, 0.2) is 18.1 Å². The van der Waals surface area contributed by atoms with Gasteiger partial charge in [0.2, 0.25) is 0 Å². The van der Waals surface area contributed by atoms with Crippen molar-refractivity contribution in [2.45, 2.75) is 33.2 Å². The minimum Gasteiger partial charge on any atom is -0.490 e. The average Bonchev–Trinajstić information content (AvgIpc) is 2.95. The molecule has 0 bridgehead atoms. The van der Waals surface area contributed by atoms with Crippen LogP contribution in [-0.2, 0) is 9.53 Å². The van der Waals surface area contributed by atoms with E-state index in [2.05, 4.69) is 5.32 Å². The third-order valence-corrected chi connectivity index (χ3v) is 4.74. The van der Waals surface area contributed by atoms with Gasteiger partial charge < -0.3 is 19.5 Å². The Bertz CT molecular complexity index is 860. The number of benzene rings is 2. The van der Waals surface area contributed by atoms with E-state index in [-0.39, 0.29) is 24.5 Å². The molecular formula is C23H27NO5. The van der Waals surface area contributed by atoms with Gasteiger partial charge in [-0.15, -0.1) is 0 Å². The standard InChI is InChI=1S/C23H27NO5/c1-15(2)22(18-9-10-19-20(13-18)28-12-4-11-27-19)24-21(25)14-29-23(26)17-7-5-16(3)6-8-17/h5-10,13,15,22H,4,11-12,14H2,1-3H3,(H,24,25)/t22-/m0/s1. The maximum atomic E-state index is 12.4. The topological polar surface area (TPSA) is 73.9 Å². The third kappa shape index (κ3) is 5.50. The molecular weight excluding hydrogens is 370 g/mol. The molecule has 0 aromatic heterocycles. The van der Waals surface area contributed by atoms with Crippen molar-refractivity contribution in [3.63, 3.8) is 0 Å². The highest BCUT2D eigenvalue weighted by Crippen LogP contribution is 2.34. The van der Waals surface area contributed by atoms with Crippen LogP contribution in [0.25, 0.3) is 0 Å². The number of hydrogen-bond donors (Lipinski definition) is 1. The minimum atomic E-state index is -0.517. The summed E-state index contributed by atoms with van der Waals surface area (Å²) in [4.78, 5) is 24.5. The summed E-state index contributed by atoms with van der Waals surface area (Å²) in [5.74, 6) is 0.669. The van der Waals surface area contributed by atoms with E-state index in [1.807, 2.05) is 51.1 Å². The fourth-order valence-corrected chi connectivity index (χ4v) is 3.13. The highest BCUT2D eigenvalue weighted by atomic mass is 16.5. The number of carbonyl (C=O) groups excluding carboxylic acids is 2. The quantitative estimate of drug-likeness (QED) is 0.750. The van der Waals surface area contributed by atoms with Crippen LogP contribution in [-0.4, -0.2) is 31.7 Å². The van der Waals surface area contributed by atoms with Gasteiger partial charge in [-0.1, -0.05) is 37.6 Å². The predicted octanol–water partition coefficient (Wildman–Crippen LogP) is 3.83. The largest absolute Gasteiger partial charge is 0.490 e. The molecule has 0 fully saturated rings. The third-order valence-electron chi connectivity index (χ3n) is 4.74. The van der Waals surface area contributed by atoms with E-state index in [4.69, 9.17) is 14.2 Å². The molecule has 1 aliphatic rings. The van der Waals surface area contributed by atoms with Crippen molar-refractivity contribution in [3.05, 3.63) is 59.2 Å². The summed E-state index contributed by atoms with van der Waals surface area (Å²) in [6.45, 7) is 6.88. The summed E-state index contributed by atoms with van der Waals surface area (Å²) in [5, 5.41) is 2.96. The van der Waals surface area contributed by atoms with E-state index >= 15 is 0 Å². The van der Waals surface area contributed by atoms with Crippen LogP contribution in [0.2, 0.25) is 0 Å². The highest BCUT2D eigenvalue weighted by Gasteiger charge is 2.22. The van der Waals surface area contributed by atoms with Gasteiger partial charge in [-0.05, 0) is 42.7 Å². The number of aryl methyl sites for hydroxylation is 1. The molecule has 0 radical (unpaired) electrons. The Morgan fingerprint density at radius 1 is 1.03 bits per heavy atom. The normalized spacial score (nSPS) is 14.1. The lowest BCUT2D eigenvalue weighted by atomic mass is 9.95. The Morgan fingerprint density at radius 2 is 1.72 bits per heavy atom. The van der Waals surface area contributed by atoms with Gasteiger partial charge in [0, 0.05) is 6.42 Å². The van der Waals surface area contributed by atoms with E-state index in [0.717, 1.165) is 17.5 Å². The highest BCUT2D eigenvalue weighted by molar-refractivity contribution is 5.91. The van der Waals surface area contributed by atoms with Crippen LogP contribution in [0.15, 0.2) is 42.5 Å². The number of hydrogen-bond acceptors (Lipinski definition) is 5. The summed E-state index contributed by atoms with van der Waals surface area (Å²) in [7, 11) is 0. The van der Waals surface area contributed by atoms with Crippen molar-refractivity contribution in [1.29, 1.82) is 0 Å². The van der Waals surface area contributed by atoms with Crippen molar-refractivity contribution in [3.8, 4) is 11.5 Å². The molecule has 3 rings (SSSR count). The van der Waals surface area contributed by atoms with Gasteiger partial charge in [-0.25, -0.2) is 4.79 Å². The summed E-state index contributed by atoms with van der Waals surface area (Å²) < 4.78 is 16.6. The van der Waals surface area contributed by atoms with Gasteiger partial charge in [0.1, 0.15) is 0 Å². The maximum Gasteiger partial charge on any atom is 0.338 e. The second kappa shape index (κ2) is 9.45. The van der Waals surface area contributed by atoms with Gasteiger partial charge in [0.05, 0.1) is 24.8 Å². The van der Waals surface area contributed by atoms with Crippen molar-refractivity contribution in [1.82, 2.24) is 5.32 Å². The Labute approximate surface area is 171 Å². The molecule has 0 spiro atoms. The SMILES string of the molecule is Cc1ccc(C(=O)OCC(=O)N[C@H](c2ccc3c(c2)OCCCO3)C(C)C)cc1. The summed E-state index contributed by atoms with van der Waals surface area (Å²) in [6, 6.07) is 12.5. The van der Waals surface area contributed by atoms with Crippen LogP contribution in [0.4, 0.5) is 0 Å². The molecule has 29 heavy (non-hydrogen) atoms. The first kappa shape index (κ1) is 20.7. The van der Waals surface area contributed by atoms with E-state index in [1.165, 1.54) is 0 Å². The fraction of sp³-hybridized carbons (Fsp3) is 0.391. The van der Waals surface area contributed by atoms with E-state index in [0.29, 0.717) is 30.3 Å². The number of ether oxygens (including phenoxy) is 3. The smallest absolute Gasteiger partial charge is 0.338 e. The Hall–Kier alpha value is -3.02. The Kier molecular flexibility index (Phi) is 6.75. The predicted molar refractivity (Wildman–Crippen MR) is 109 cm³/mol. The number of nitrogens with one attached hydrogen (secondary N) is 1. The molecule has 154 valence electrons. The molecule has 0 saturated heterocycles. The van der Waals surface area contributed by atoms with Crippen molar-refractivity contribution in [2.75, 3.05) is 19.8 Å². The van der Waals surface area contributed by atoms with Crippen LogP contribution in [0.3, 0.4) is 0 Å². The number of esters is 1. The Balaban J connectivity index is 1.63. The average molecular weight is 397 g/mol. The first-order chi connectivity index (χ1) is 13.9. The molecule has 1 N–H and O–H groups in total. The van der Waals surface area contributed by atoms with Gasteiger partial charge in [-0.3, -0.25) is 4.79 Å². The molecule has 2 aromatic rings. The molecule has 0 saturated carbocycles. The van der Waals surface area contributed by atoms with Crippen molar-refractivity contribution < 1.29 is 23.8 Å². The monoisotopic (exact) mass is 397 g/mol. The number of amides is 1. The molecule has 6 nitrogen and oxygen atoms in total. The molecule has 0 aliphatic carbocycles. The zero-order chi connectivity index (χ0) is 20.8. The summed E-state index contributed by atoms with van der Waals surface area (Å²) >= 11 is 0. The van der Waals surface area contributed by atoms with E-state index in [1.54, 1.807) is 12.1 Å². The Morgan fingerprint density at radius 3 is 2.41 bits per heavy atom. The van der Waals surface area contributed by atoms with Crippen molar-refractivity contribution >= 4 is 11.9 Å². The zero-order valence-electron chi connectivity index (χ0n) is 17.1. The minimum absolute atomic E-state index is 0.136. The first-order valence-corrected chi connectivity index (χ1v) is 9.86. The maximum absolute atomic E-state index is 12.4. The van der Waals surface area contributed by atoms with Crippen LogP contribution in [0.5, 0.6) is 11.5 Å². The first-order valence-electron chi connectivity index (χ1n) is 9.86. The molecule has 1 aliphatic heterocycles. The number of rotatable bonds is 6. The van der Waals surface area contributed by atoms with Crippen LogP contribution >= 0.6 is 0 Å². The summed E-state index contributed by atoms with van der Waals surface area (Å²) in [5.41, 5.74) is 2.39. The van der Waals surface area contributed by atoms with Crippen LogP contribution in [0, 0.1) is 12.8 Å². The van der Waals surface area contributed by atoms with Gasteiger partial charge in [0.25, 0.3) is 5.91 Å². The zero-order valence-corrected chi connectivity index (χ0v) is 17.1. The lowest BCUT2D eigenvalue weighted by molar-refractivity contribution is -0.125. The number of fused-ring (bicyclic) bond motifs is 1. The molecule has 2 aromatic carbocycles. The van der Waals surface area contributed by atoms with Gasteiger partial charge >= 0.3 is 5.97 Å². The number of carbonyl (C=O) groups is 2. The molecule has 1 atom stereocenters. The lowest BCUT2D eigenvalue weighted by Crippen LogP contribution is -2.35. The second-order valence-corrected chi connectivity index (χ2v) is 7.49. The van der Waals surface area contributed by atoms with Crippen LogP contribution in [0.1, 0.15) is 47.8 Å². The van der Waals surface area contributed by atoms with E-state index in [9.17, 15) is 9.59 Å².